The molecule has 0 amide bonds. The van der Waals surface area contributed by atoms with Crippen molar-refractivity contribution in [3.8, 4) is 0 Å². The van der Waals surface area contributed by atoms with E-state index in [0.717, 1.165) is 11.3 Å². The summed E-state index contributed by atoms with van der Waals surface area (Å²) in [6.45, 7) is 7.82. The van der Waals surface area contributed by atoms with Gasteiger partial charge in [-0.15, -0.1) is 0 Å². The highest BCUT2D eigenvalue weighted by Crippen LogP contribution is 2.13. The Kier molecular flexibility index (Phi) is 3.62. The number of hydrogen-bond donors (Lipinski definition) is 1. The monoisotopic (exact) mass is 138 g/mol. The Morgan fingerprint density at radius 1 is 1.30 bits per heavy atom. The van der Waals surface area contributed by atoms with Crippen LogP contribution in [0.1, 0.15) is 27.7 Å². The van der Waals surface area contributed by atoms with Crippen LogP contribution in [0, 0.1) is 5.53 Å². The Morgan fingerprint density at radius 2 is 1.80 bits per heavy atom. The van der Waals surface area contributed by atoms with Gasteiger partial charge in [-0.25, -0.2) is 5.53 Å². The Bertz CT molecular complexity index is 187. The lowest BCUT2D eigenvalue weighted by atomic mass is 10.1. The number of nitrogens with zero attached hydrogens (tertiary/aromatic N) is 1. The topological polar surface area (TPSA) is 36.2 Å². The first-order valence-corrected chi connectivity index (χ1v) is 3.31. The second-order valence-electron chi connectivity index (χ2n) is 2.29. The van der Waals surface area contributed by atoms with Crippen LogP contribution in [0.2, 0.25) is 0 Å². The van der Waals surface area contributed by atoms with Crippen LogP contribution in [-0.4, -0.2) is 0 Å². The zero-order valence-electron chi connectivity index (χ0n) is 7.02. The van der Waals surface area contributed by atoms with Crippen molar-refractivity contribution in [1.82, 2.24) is 0 Å². The van der Waals surface area contributed by atoms with Crippen molar-refractivity contribution in [1.29, 1.82) is 5.53 Å². The van der Waals surface area contributed by atoms with Crippen LogP contribution in [0.5, 0.6) is 0 Å². The van der Waals surface area contributed by atoms with E-state index >= 15 is 0 Å². The molecule has 0 heterocycles. The Balaban J connectivity index is 4.63. The van der Waals surface area contributed by atoms with Crippen LogP contribution >= 0.6 is 0 Å². The van der Waals surface area contributed by atoms with Crippen molar-refractivity contribution in [3.05, 3.63) is 22.9 Å². The molecule has 0 saturated carbocycles. The fourth-order valence-electron chi connectivity index (χ4n) is 0.586. The SMILES string of the molecule is C/C=C(C)/C(C)=C(/C)N=N. The maximum atomic E-state index is 6.75. The first-order chi connectivity index (χ1) is 4.63. The van der Waals surface area contributed by atoms with E-state index < -0.39 is 0 Å². The number of allylic oxidation sites excluding steroid dienone is 4. The fourth-order valence-corrected chi connectivity index (χ4v) is 0.586. The first kappa shape index (κ1) is 9.08. The lowest BCUT2D eigenvalue weighted by Gasteiger charge is -2.00. The predicted molar refractivity (Wildman–Crippen MR) is 43.0 cm³/mol. The average molecular weight is 138 g/mol. The molecule has 0 aliphatic rings. The minimum absolute atomic E-state index is 0.788. The van der Waals surface area contributed by atoms with Gasteiger partial charge >= 0.3 is 0 Å². The second kappa shape index (κ2) is 3.99. The Morgan fingerprint density at radius 3 is 2.10 bits per heavy atom. The largest absolute Gasteiger partial charge is 0.205 e. The summed E-state index contributed by atoms with van der Waals surface area (Å²) < 4.78 is 0. The molecule has 2 heteroatoms. The van der Waals surface area contributed by atoms with Crippen LogP contribution in [0.3, 0.4) is 0 Å². The predicted octanol–water partition coefficient (Wildman–Crippen LogP) is 3.28. The van der Waals surface area contributed by atoms with Gasteiger partial charge in [-0.1, -0.05) is 11.6 Å². The Hall–Kier alpha value is -0.920. The van der Waals surface area contributed by atoms with Gasteiger partial charge in [0, 0.05) is 0 Å². The fraction of sp³-hybridized carbons (Fsp3) is 0.500. The van der Waals surface area contributed by atoms with E-state index in [-0.39, 0.29) is 0 Å². The number of rotatable bonds is 2. The summed E-state index contributed by atoms with van der Waals surface area (Å²) in [5, 5.41) is 3.35. The molecule has 0 aliphatic heterocycles. The third-order valence-electron chi connectivity index (χ3n) is 1.73. The lowest BCUT2D eigenvalue weighted by Crippen LogP contribution is -1.81. The normalized spacial score (nSPS) is 14.6. The smallest absolute Gasteiger partial charge is 0.0624 e. The van der Waals surface area contributed by atoms with Crippen molar-refractivity contribution in [2.24, 2.45) is 5.11 Å². The highest BCUT2D eigenvalue weighted by molar-refractivity contribution is 5.29. The molecule has 0 bridgehead atoms. The molecule has 0 saturated heterocycles. The van der Waals surface area contributed by atoms with E-state index in [1.807, 2.05) is 33.8 Å². The van der Waals surface area contributed by atoms with Gasteiger partial charge in [-0.05, 0) is 33.3 Å². The molecule has 0 aliphatic carbocycles. The van der Waals surface area contributed by atoms with Gasteiger partial charge < -0.3 is 0 Å². The van der Waals surface area contributed by atoms with E-state index in [0.29, 0.717) is 0 Å². The summed E-state index contributed by atoms with van der Waals surface area (Å²) in [5.74, 6) is 0. The molecule has 0 aromatic carbocycles. The molecule has 0 spiro atoms. The summed E-state index contributed by atoms with van der Waals surface area (Å²) in [5.41, 5.74) is 9.82. The number of nitrogens with one attached hydrogen (secondary N) is 1. The minimum atomic E-state index is 0.788. The summed E-state index contributed by atoms with van der Waals surface area (Å²) in [7, 11) is 0. The van der Waals surface area contributed by atoms with Gasteiger partial charge in [0.15, 0.2) is 0 Å². The molecule has 0 fully saturated rings. The molecule has 0 radical (unpaired) electrons. The maximum Gasteiger partial charge on any atom is 0.0624 e. The standard InChI is InChI=1S/C8H14N2/c1-5-6(2)7(3)8(4)10-9/h5,9H,1-4H3/b6-5+,8-7-,10-9?. The van der Waals surface area contributed by atoms with Gasteiger partial charge in [0.2, 0.25) is 0 Å². The quantitative estimate of drug-likeness (QED) is 0.449. The Labute approximate surface area is 62.2 Å². The highest BCUT2D eigenvalue weighted by atomic mass is 15.0. The summed E-state index contributed by atoms with van der Waals surface area (Å²) >= 11 is 0. The molecule has 0 aromatic rings. The summed E-state index contributed by atoms with van der Waals surface area (Å²) in [4.78, 5) is 0. The highest BCUT2D eigenvalue weighted by Gasteiger charge is 1.95. The van der Waals surface area contributed by atoms with Gasteiger partial charge in [-0.3, -0.25) is 0 Å². The van der Waals surface area contributed by atoms with Gasteiger partial charge in [0.1, 0.15) is 0 Å². The zero-order valence-corrected chi connectivity index (χ0v) is 7.02. The molecule has 1 N–H and O–H groups in total. The van der Waals surface area contributed by atoms with Crippen LogP contribution in [-0.2, 0) is 0 Å². The molecule has 2 nitrogen and oxygen atoms in total. The molecule has 0 aromatic heterocycles. The van der Waals surface area contributed by atoms with E-state index in [1.54, 1.807) is 0 Å². The van der Waals surface area contributed by atoms with E-state index in [1.165, 1.54) is 5.57 Å². The summed E-state index contributed by atoms with van der Waals surface area (Å²) in [6.07, 6.45) is 2.02. The lowest BCUT2D eigenvalue weighted by molar-refractivity contribution is 1.02. The first-order valence-electron chi connectivity index (χ1n) is 3.31. The molecule has 0 unspecified atom stereocenters. The minimum Gasteiger partial charge on any atom is -0.205 e. The van der Waals surface area contributed by atoms with Gasteiger partial charge in [0.05, 0.1) is 5.70 Å². The maximum absolute atomic E-state index is 6.75. The molecule has 0 rings (SSSR count). The number of hydrogen-bond acceptors (Lipinski definition) is 2. The van der Waals surface area contributed by atoms with Crippen molar-refractivity contribution in [3.63, 3.8) is 0 Å². The van der Waals surface area contributed by atoms with Crippen LogP contribution in [0.15, 0.2) is 28.0 Å². The third-order valence-corrected chi connectivity index (χ3v) is 1.73. The van der Waals surface area contributed by atoms with E-state index in [2.05, 4.69) is 5.11 Å². The van der Waals surface area contributed by atoms with E-state index in [4.69, 9.17) is 5.53 Å². The van der Waals surface area contributed by atoms with Crippen molar-refractivity contribution >= 4 is 0 Å². The average Bonchev–Trinajstić information content (AvgIpc) is 2.00. The van der Waals surface area contributed by atoms with Crippen molar-refractivity contribution in [2.75, 3.05) is 0 Å². The van der Waals surface area contributed by atoms with Gasteiger partial charge in [0.25, 0.3) is 0 Å². The molecule has 56 valence electrons. The zero-order chi connectivity index (χ0) is 8.15. The van der Waals surface area contributed by atoms with Gasteiger partial charge in [-0.2, -0.15) is 5.11 Å². The molecular weight excluding hydrogens is 124 g/mol. The second-order valence-corrected chi connectivity index (χ2v) is 2.29. The van der Waals surface area contributed by atoms with E-state index in [9.17, 15) is 0 Å². The summed E-state index contributed by atoms with van der Waals surface area (Å²) in [6, 6.07) is 0. The molecule has 10 heavy (non-hydrogen) atoms. The van der Waals surface area contributed by atoms with Crippen molar-refractivity contribution in [2.45, 2.75) is 27.7 Å². The van der Waals surface area contributed by atoms with Crippen LogP contribution in [0.4, 0.5) is 0 Å². The molecular formula is C8H14N2. The molecule has 0 atom stereocenters. The van der Waals surface area contributed by atoms with Crippen LogP contribution < -0.4 is 0 Å². The van der Waals surface area contributed by atoms with Crippen LogP contribution in [0.25, 0.3) is 0 Å². The third kappa shape index (κ3) is 2.13. The van der Waals surface area contributed by atoms with Crippen molar-refractivity contribution < 1.29 is 0 Å².